The van der Waals surface area contributed by atoms with Crippen LogP contribution in [0.5, 0.6) is 0 Å². The highest BCUT2D eigenvalue weighted by molar-refractivity contribution is 6.03. The number of nitrogens with two attached hydrogens (primary N) is 1. The Hall–Kier alpha value is -6.24. The number of carbonyl (C=O) groups excluding carboxylic acids is 8. The van der Waals surface area contributed by atoms with Gasteiger partial charge >= 0.3 is 12.2 Å². The first kappa shape index (κ1) is 48.4. The summed E-state index contributed by atoms with van der Waals surface area (Å²) >= 11 is 0. The molecule has 4 rings (SSSR count). The first-order valence-electron chi connectivity index (χ1n) is 20.8. The van der Waals surface area contributed by atoms with Gasteiger partial charge in [-0.3, -0.25) is 28.9 Å². The number of piperidine rings is 1. The van der Waals surface area contributed by atoms with Crippen molar-refractivity contribution in [1.29, 1.82) is 0 Å². The summed E-state index contributed by atoms with van der Waals surface area (Å²) in [5, 5.41) is 7.27. The average Bonchev–Trinajstić information content (AvgIpc) is 3.25. The second-order valence-electron chi connectivity index (χ2n) is 16.4. The number of ether oxygens (including phenoxy) is 2. The number of benzene rings is 2. The summed E-state index contributed by atoms with van der Waals surface area (Å²) in [4.78, 5) is 108. The van der Waals surface area contributed by atoms with Crippen LogP contribution in [0, 0.1) is 5.92 Å². The van der Waals surface area contributed by atoms with Gasteiger partial charge in [-0.2, -0.15) is 0 Å². The highest BCUT2D eigenvalue weighted by Crippen LogP contribution is 2.26. The third-order valence-electron chi connectivity index (χ3n) is 10.7. The van der Waals surface area contributed by atoms with E-state index in [2.05, 4.69) is 30.7 Å². The van der Waals surface area contributed by atoms with Crippen LogP contribution in [0.1, 0.15) is 77.5 Å². The molecule has 2 fully saturated rings. The summed E-state index contributed by atoms with van der Waals surface area (Å²) in [5.74, 6) is -1.55. The summed E-state index contributed by atoms with van der Waals surface area (Å²) in [6.07, 6.45) is 1.74. The fourth-order valence-electron chi connectivity index (χ4n) is 7.26. The maximum absolute atomic E-state index is 13.8. The Morgan fingerprint density at radius 1 is 0.839 bits per heavy atom. The van der Waals surface area contributed by atoms with Crippen LogP contribution in [0.4, 0.5) is 21.0 Å². The molecule has 0 spiro atoms. The van der Waals surface area contributed by atoms with Crippen molar-refractivity contribution < 1.29 is 47.8 Å². The normalized spacial score (nSPS) is 15.1. The first-order chi connectivity index (χ1) is 29.5. The van der Waals surface area contributed by atoms with E-state index in [0.717, 1.165) is 74.9 Å². The van der Waals surface area contributed by atoms with Crippen LogP contribution in [0.15, 0.2) is 42.5 Å². The SMILES string of the molecule is CN(COC(=O)NCCNC(=O)CNC(=O)OC(C)(C)C)C(=O)C(CCC=O)N(C)C(=O)c1ccc(N2CCN(CC3CCN(c4ccc(C(N)=O)cc4)CC3)CC2)cc1C=O. The van der Waals surface area contributed by atoms with Crippen molar-refractivity contribution >= 4 is 59.8 Å². The largest absolute Gasteiger partial charge is 0.444 e. The fraction of sp³-hybridized carbons (Fsp3) is 0.535. The number of alkyl carbamates (subject to hydrolysis) is 2. The number of rotatable bonds is 19. The van der Waals surface area contributed by atoms with Crippen molar-refractivity contribution in [3.63, 3.8) is 0 Å². The average molecular weight is 864 g/mol. The standard InChI is InChI=1S/C43H61N9O10/c1-43(2,3)62-42(60)47-26-37(55)45-16-17-46-41(59)61-29-48(4)40(58)36(7-6-24-53)49(5)39(57)35-13-12-34(25-32(35)28-54)52-22-20-50(21-23-52)27-30-14-18-51(19-15-30)33-10-8-31(9-11-33)38(44)56/h8-13,24-25,28,30,36H,6-7,14-23,26-27,29H2,1-5H3,(H2,44,56)(H,45,55)(H,46,59)(H,47,60). The monoisotopic (exact) mass is 863 g/mol. The molecule has 0 aliphatic carbocycles. The van der Waals surface area contributed by atoms with Gasteiger partial charge in [-0.05, 0) is 88.4 Å². The van der Waals surface area contributed by atoms with Crippen LogP contribution in [0.2, 0.25) is 0 Å². The molecule has 2 saturated heterocycles. The van der Waals surface area contributed by atoms with Crippen molar-refractivity contribution in [2.45, 2.75) is 58.1 Å². The van der Waals surface area contributed by atoms with Crippen molar-refractivity contribution in [1.82, 2.24) is 30.7 Å². The van der Waals surface area contributed by atoms with Crippen molar-refractivity contribution in [2.24, 2.45) is 11.7 Å². The Balaban J connectivity index is 1.22. The van der Waals surface area contributed by atoms with E-state index in [1.54, 1.807) is 51.1 Å². The number of anilines is 2. The predicted octanol–water partition coefficient (Wildman–Crippen LogP) is 1.84. The van der Waals surface area contributed by atoms with Crippen LogP contribution >= 0.6 is 0 Å². The zero-order valence-corrected chi connectivity index (χ0v) is 36.4. The Morgan fingerprint density at radius 2 is 1.47 bits per heavy atom. The lowest BCUT2D eigenvalue weighted by molar-refractivity contribution is -0.138. The minimum absolute atomic E-state index is 0.00626. The minimum atomic E-state index is -1.11. The highest BCUT2D eigenvalue weighted by atomic mass is 16.6. The fourth-order valence-corrected chi connectivity index (χ4v) is 7.26. The van der Waals surface area contributed by atoms with E-state index in [1.165, 1.54) is 19.0 Å². The molecule has 0 aromatic heterocycles. The molecule has 2 aliphatic heterocycles. The van der Waals surface area contributed by atoms with E-state index in [0.29, 0.717) is 24.1 Å². The number of hydrogen-bond acceptors (Lipinski definition) is 13. The van der Waals surface area contributed by atoms with E-state index in [4.69, 9.17) is 15.2 Å². The molecular weight excluding hydrogens is 803 g/mol. The molecule has 62 heavy (non-hydrogen) atoms. The number of nitrogens with one attached hydrogen (secondary N) is 3. The molecule has 2 aromatic rings. The van der Waals surface area contributed by atoms with Gasteiger partial charge in [0, 0.05) is 102 Å². The van der Waals surface area contributed by atoms with Crippen LogP contribution in [-0.2, 0) is 23.9 Å². The maximum Gasteiger partial charge on any atom is 0.408 e. The van der Waals surface area contributed by atoms with Gasteiger partial charge in [0.15, 0.2) is 13.0 Å². The van der Waals surface area contributed by atoms with Gasteiger partial charge in [0.1, 0.15) is 17.9 Å². The number of amides is 6. The Bertz CT molecular complexity index is 1890. The van der Waals surface area contributed by atoms with Gasteiger partial charge in [0.25, 0.3) is 5.91 Å². The van der Waals surface area contributed by atoms with Crippen molar-refractivity contribution in [3.8, 4) is 0 Å². The summed E-state index contributed by atoms with van der Waals surface area (Å²) < 4.78 is 10.2. The number of aldehydes is 2. The number of piperazine rings is 1. The molecule has 6 amide bonds. The molecule has 1 unspecified atom stereocenters. The van der Waals surface area contributed by atoms with E-state index in [1.807, 2.05) is 12.1 Å². The smallest absolute Gasteiger partial charge is 0.408 e. The van der Waals surface area contributed by atoms with Crippen LogP contribution in [-0.4, -0.2) is 161 Å². The summed E-state index contributed by atoms with van der Waals surface area (Å²) in [6.45, 7) is 10.4. The lowest BCUT2D eigenvalue weighted by Gasteiger charge is -2.40. The summed E-state index contributed by atoms with van der Waals surface area (Å²) in [5.41, 5.74) is 7.34. The molecule has 19 nitrogen and oxygen atoms in total. The molecule has 19 heteroatoms. The van der Waals surface area contributed by atoms with Crippen molar-refractivity contribution in [2.75, 3.05) is 96.1 Å². The molecule has 2 aliphatic rings. The van der Waals surface area contributed by atoms with Gasteiger partial charge < -0.3 is 55.6 Å². The highest BCUT2D eigenvalue weighted by Gasteiger charge is 2.32. The van der Waals surface area contributed by atoms with Gasteiger partial charge in [0.2, 0.25) is 17.7 Å². The second kappa shape index (κ2) is 23.1. The van der Waals surface area contributed by atoms with Gasteiger partial charge in [-0.25, -0.2) is 9.59 Å². The van der Waals surface area contributed by atoms with E-state index in [9.17, 15) is 38.4 Å². The van der Waals surface area contributed by atoms with Gasteiger partial charge in [-0.1, -0.05) is 0 Å². The zero-order chi connectivity index (χ0) is 45.4. The summed E-state index contributed by atoms with van der Waals surface area (Å²) in [7, 11) is 2.80. The van der Waals surface area contributed by atoms with Crippen LogP contribution in [0.3, 0.4) is 0 Å². The number of carbonyl (C=O) groups is 8. The molecule has 1 atom stereocenters. The molecule has 2 aromatic carbocycles. The van der Waals surface area contributed by atoms with Crippen LogP contribution < -0.4 is 31.5 Å². The van der Waals surface area contributed by atoms with E-state index in [-0.39, 0.29) is 43.6 Å². The first-order valence-corrected chi connectivity index (χ1v) is 20.8. The maximum atomic E-state index is 13.8. The molecular formula is C43H61N9O10. The third kappa shape index (κ3) is 14.7. The molecule has 0 saturated carbocycles. The lowest BCUT2D eigenvalue weighted by atomic mass is 9.95. The van der Waals surface area contributed by atoms with E-state index >= 15 is 0 Å². The Morgan fingerprint density at radius 3 is 2.08 bits per heavy atom. The number of nitrogens with zero attached hydrogens (tertiary/aromatic N) is 5. The molecule has 338 valence electrons. The molecule has 2 heterocycles. The second-order valence-corrected chi connectivity index (χ2v) is 16.4. The third-order valence-corrected chi connectivity index (χ3v) is 10.7. The summed E-state index contributed by atoms with van der Waals surface area (Å²) in [6, 6.07) is 11.4. The quantitative estimate of drug-likeness (QED) is 0.0899. The number of hydrogen-bond donors (Lipinski definition) is 4. The molecule has 0 bridgehead atoms. The Labute approximate surface area is 362 Å². The molecule has 0 radical (unpaired) electrons. The van der Waals surface area contributed by atoms with E-state index < -0.39 is 54.2 Å². The Kier molecular flexibility index (Phi) is 18.0. The number of primary amides is 1. The molecule has 5 N–H and O–H groups in total. The van der Waals surface area contributed by atoms with Gasteiger partial charge in [0.05, 0.1) is 12.1 Å². The number of likely N-dealkylation sites (N-methyl/N-ethyl adjacent to an activating group) is 2. The zero-order valence-electron chi connectivity index (χ0n) is 36.4. The van der Waals surface area contributed by atoms with Crippen LogP contribution in [0.25, 0.3) is 0 Å². The lowest BCUT2D eigenvalue weighted by Crippen LogP contribution is -2.49. The predicted molar refractivity (Wildman–Crippen MR) is 231 cm³/mol. The van der Waals surface area contributed by atoms with Gasteiger partial charge in [-0.15, -0.1) is 0 Å². The van der Waals surface area contributed by atoms with Crippen molar-refractivity contribution in [3.05, 3.63) is 59.2 Å². The topological polar surface area (TPSA) is 233 Å². The minimum Gasteiger partial charge on any atom is -0.444 e.